The van der Waals surface area contributed by atoms with Crippen LogP contribution in [0.25, 0.3) is 11.2 Å². The van der Waals surface area contributed by atoms with E-state index in [2.05, 4.69) is 30.3 Å². The SMILES string of the molecule is CC[C@H](CO)Nc1nc(N[C@H]2CCN(S(=O)(=O)NC)C2)c2ncn(CC)c2n1. The molecular weight excluding hydrogens is 384 g/mol. The highest BCUT2D eigenvalue weighted by Crippen LogP contribution is 2.24. The summed E-state index contributed by atoms with van der Waals surface area (Å²) in [5.74, 6) is 0.963. The lowest BCUT2D eigenvalue weighted by atomic mass is 10.2. The van der Waals surface area contributed by atoms with Crippen LogP contribution in [0.5, 0.6) is 0 Å². The molecule has 1 aliphatic rings. The third-order valence-corrected chi connectivity index (χ3v) is 6.47. The van der Waals surface area contributed by atoms with Gasteiger partial charge in [-0.3, -0.25) is 0 Å². The summed E-state index contributed by atoms with van der Waals surface area (Å²) in [6, 6.07) is -0.230. The van der Waals surface area contributed by atoms with E-state index in [0.29, 0.717) is 49.0 Å². The Morgan fingerprint density at radius 2 is 2.14 bits per heavy atom. The van der Waals surface area contributed by atoms with Gasteiger partial charge in [0.05, 0.1) is 19.0 Å². The Morgan fingerprint density at radius 1 is 1.36 bits per heavy atom. The van der Waals surface area contributed by atoms with Gasteiger partial charge in [0.1, 0.15) is 0 Å². The zero-order valence-electron chi connectivity index (χ0n) is 16.4. The molecular formula is C16H28N8O3S. The van der Waals surface area contributed by atoms with Crippen molar-refractivity contribution in [1.29, 1.82) is 0 Å². The molecule has 12 heteroatoms. The van der Waals surface area contributed by atoms with Crippen molar-refractivity contribution >= 4 is 33.1 Å². The molecule has 156 valence electrons. The van der Waals surface area contributed by atoms with E-state index in [1.807, 2.05) is 18.4 Å². The van der Waals surface area contributed by atoms with Gasteiger partial charge in [-0.05, 0) is 19.8 Å². The third kappa shape index (κ3) is 4.19. The fraction of sp³-hybridized carbons (Fsp3) is 0.688. The molecule has 0 aromatic carbocycles. The molecule has 0 amide bonds. The molecule has 1 aliphatic heterocycles. The minimum atomic E-state index is -3.45. The van der Waals surface area contributed by atoms with Crippen LogP contribution in [0.1, 0.15) is 26.7 Å². The van der Waals surface area contributed by atoms with Crippen LogP contribution in [0.3, 0.4) is 0 Å². The molecule has 1 saturated heterocycles. The van der Waals surface area contributed by atoms with Crippen molar-refractivity contribution in [3.05, 3.63) is 6.33 Å². The highest BCUT2D eigenvalue weighted by molar-refractivity contribution is 7.87. The van der Waals surface area contributed by atoms with Crippen molar-refractivity contribution in [2.75, 3.05) is 37.4 Å². The molecule has 4 N–H and O–H groups in total. The Balaban J connectivity index is 1.88. The van der Waals surface area contributed by atoms with Gasteiger partial charge in [0.25, 0.3) is 10.2 Å². The van der Waals surface area contributed by atoms with Gasteiger partial charge in [-0.1, -0.05) is 6.92 Å². The summed E-state index contributed by atoms with van der Waals surface area (Å²) in [5.41, 5.74) is 1.33. The summed E-state index contributed by atoms with van der Waals surface area (Å²) < 4.78 is 29.7. The van der Waals surface area contributed by atoms with Gasteiger partial charge in [0.15, 0.2) is 17.0 Å². The Kier molecular flexibility index (Phi) is 6.33. The van der Waals surface area contributed by atoms with E-state index in [9.17, 15) is 13.5 Å². The smallest absolute Gasteiger partial charge is 0.279 e. The van der Waals surface area contributed by atoms with E-state index in [1.54, 1.807) is 6.33 Å². The van der Waals surface area contributed by atoms with E-state index in [1.165, 1.54) is 11.4 Å². The number of aryl methyl sites for hydroxylation is 1. The number of fused-ring (bicyclic) bond motifs is 1. The van der Waals surface area contributed by atoms with Gasteiger partial charge < -0.3 is 20.3 Å². The second kappa shape index (κ2) is 8.55. The third-order valence-electron chi connectivity index (χ3n) is 4.94. The highest BCUT2D eigenvalue weighted by Gasteiger charge is 2.31. The maximum Gasteiger partial charge on any atom is 0.279 e. The molecule has 0 saturated carbocycles. The Hall–Kier alpha value is -2.02. The number of anilines is 2. The molecule has 3 rings (SSSR count). The quantitative estimate of drug-likeness (QED) is 0.451. The van der Waals surface area contributed by atoms with Crippen LogP contribution in [-0.2, 0) is 16.8 Å². The number of nitrogens with one attached hydrogen (secondary N) is 3. The number of aliphatic hydroxyl groups excluding tert-OH is 1. The number of nitrogens with zero attached hydrogens (tertiary/aromatic N) is 5. The van der Waals surface area contributed by atoms with Gasteiger partial charge in [-0.2, -0.15) is 22.7 Å². The predicted molar refractivity (Wildman–Crippen MR) is 107 cm³/mol. The van der Waals surface area contributed by atoms with Crippen LogP contribution < -0.4 is 15.4 Å². The van der Waals surface area contributed by atoms with E-state index in [0.717, 1.165) is 6.42 Å². The molecule has 0 bridgehead atoms. The first-order valence-electron chi connectivity index (χ1n) is 9.47. The van der Waals surface area contributed by atoms with Gasteiger partial charge in [0, 0.05) is 32.7 Å². The number of hydrogen-bond acceptors (Lipinski definition) is 8. The molecule has 2 atom stereocenters. The van der Waals surface area contributed by atoms with E-state index in [4.69, 9.17) is 0 Å². The van der Waals surface area contributed by atoms with Gasteiger partial charge in [-0.15, -0.1) is 0 Å². The maximum absolute atomic E-state index is 12.0. The molecule has 0 unspecified atom stereocenters. The lowest BCUT2D eigenvalue weighted by Crippen LogP contribution is -2.38. The van der Waals surface area contributed by atoms with Gasteiger partial charge in [-0.25, -0.2) is 9.71 Å². The lowest BCUT2D eigenvalue weighted by Gasteiger charge is -2.18. The van der Waals surface area contributed by atoms with Crippen molar-refractivity contribution in [2.24, 2.45) is 0 Å². The average Bonchev–Trinajstić information content (AvgIpc) is 3.33. The molecule has 3 heterocycles. The topological polar surface area (TPSA) is 137 Å². The van der Waals surface area contributed by atoms with Gasteiger partial charge >= 0.3 is 0 Å². The Morgan fingerprint density at radius 3 is 2.79 bits per heavy atom. The number of aliphatic hydroxyl groups is 1. The van der Waals surface area contributed by atoms with Crippen LogP contribution in [-0.4, -0.2) is 76.2 Å². The molecule has 28 heavy (non-hydrogen) atoms. The Bertz CT molecular complexity index is 912. The molecule has 0 aliphatic carbocycles. The van der Waals surface area contributed by atoms with Gasteiger partial charge in [0.2, 0.25) is 5.95 Å². The summed E-state index contributed by atoms with van der Waals surface area (Å²) in [6.45, 7) is 5.45. The summed E-state index contributed by atoms with van der Waals surface area (Å²) in [6.07, 6.45) is 3.11. The average molecular weight is 413 g/mol. The lowest BCUT2D eigenvalue weighted by molar-refractivity contribution is 0.271. The summed E-state index contributed by atoms with van der Waals surface area (Å²) in [7, 11) is -2.04. The minimum absolute atomic E-state index is 0.0207. The molecule has 1 fully saturated rings. The molecule has 0 radical (unpaired) electrons. The van der Waals surface area contributed by atoms with Crippen molar-refractivity contribution in [3.63, 3.8) is 0 Å². The zero-order chi connectivity index (χ0) is 20.3. The predicted octanol–water partition coefficient (Wildman–Crippen LogP) is -0.0206. The number of imidazole rings is 1. The maximum atomic E-state index is 12.0. The van der Waals surface area contributed by atoms with Crippen LogP contribution >= 0.6 is 0 Å². The standard InChI is InChI=1S/C16H28N8O3S/c1-4-11(9-25)20-16-21-14(13-15(22-16)23(5-2)10-18-13)19-12-6-7-24(8-12)28(26,27)17-3/h10-12,17,25H,4-9H2,1-3H3,(H2,19,20,21,22)/t11-,12+/m1/s1. The zero-order valence-corrected chi connectivity index (χ0v) is 17.2. The monoisotopic (exact) mass is 412 g/mol. The molecule has 2 aromatic rings. The van der Waals surface area contributed by atoms with Crippen molar-refractivity contribution in [1.82, 2.24) is 28.5 Å². The fourth-order valence-corrected chi connectivity index (χ4v) is 4.17. The van der Waals surface area contributed by atoms with Crippen molar-refractivity contribution in [3.8, 4) is 0 Å². The summed E-state index contributed by atoms with van der Waals surface area (Å²) >= 11 is 0. The Labute approximate surface area is 164 Å². The molecule has 2 aromatic heterocycles. The van der Waals surface area contributed by atoms with E-state index < -0.39 is 10.2 Å². The second-order valence-electron chi connectivity index (χ2n) is 6.73. The number of aromatic nitrogens is 4. The first-order chi connectivity index (χ1) is 13.4. The fourth-order valence-electron chi connectivity index (χ4n) is 3.19. The van der Waals surface area contributed by atoms with Crippen LogP contribution in [0.15, 0.2) is 6.33 Å². The summed E-state index contributed by atoms with van der Waals surface area (Å²) in [5, 5.41) is 16.0. The largest absolute Gasteiger partial charge is 0.394 e. The number of hydrogen-bond donors (Lipinski definition) is 4. The van der Waals surface area contributed by atoms with E-state index in [-0.39, 0.29) is 18.7 Å². The summed E-state index contributed by atoms with van der Waals surface area (Å²) in [4.78, 5) is 13.5. The number of rotatable bonds is 9. The first-order valence-corrected chi connectivity index (χ1v) is 10.9. The van der Waals surface area contributed by atoms with Crippen molar-refractivity contribution in [2.45, 2.75) is 45.3 Å². The van der Waals surface area contributed by atoms with Crippen LogP contribution in [0, 0.1) is 0 Å². The van der Waals surface area contributed by atoms with Crippen LogP contribution in [0.2, 0.25) is 0 Å². The molecule has 0 spiro atoms. The highest BCUT2D eigenvalue weighted by atomic mass is 32.2. The first kappa shape index (κ1) is 20.7. The minimum Gasteiger partial charge on any atom is -0.394 e. The normalized spacial score (nSPS) is 19.2. The van der Waals surface area contributed by atoms with Crippen LogP contribution in [0.4, 0.5) is 11.8 Å². The second-order valence-corrected chi connectivity index (χ2v) is 8.60. The van der Waals surface area contributed by atoms with E-state index >= 15 is 0 Å². The van der Waals surface area contributed by atoms with Crippen molar-refractivity contribution < 1.29 is 13.5 Å². The molecule has 11 nitrogen and oxygen atoms in total.